The van der Waals surface area contributed by atoms with Gasteiger partial charge in [-0.15, -0.1) is 6.58 Å². The zero-order chi connectivity index (χ0) is 46.5. The van der Waals surface area contributed by atoms with Gasteiger partial charge in [0.05, 0.1) is 35.4 Å². The number of anilines is 1. The quantitative estimate of drug-likeness (QED) is 0.0910. The third-order valence-corrected chi connectivity index (χ3v) is 15.8. The number of piperidine rings is 1. The standard InChI is InChI=1S/C58H84N8/c1-11-13-28-58(7,8)38-52-50-36-47(26-27-54(50)65(12-2)57(52)51-37-49(39-59-55(51)41(3)4)64-33-32-63-30-18-16-25-48(63)40-64)46-24-20-21-44(34-46)35-53(43(6)66-31-19-17-29-60-66)61-42(5)56(62(9)10)45-22-14-15-23-45/h11,20-21,24,26-27,34,36-37,39,41,45,48,53,56,60-61H,1,5-6,12-19,22-23,25,28-33,35,38,40H2,2-4,7-10H3. The van der Waals surface area contributed by atoms with Crippen LogP contribution in [-0.2, 0) is 19.4 Å². The van der Waals surface area contributed by atoms with E-state index in [1.165, 1.54) is 120 Å². The van der Waals surface area contributed by atoms with Crippen molar-refractivity contribution in [3.05, 3.63) is 109 Å². The molecule has 1 saturated carbocycles. The van der Waals surface area contributed by atoms with E-state index in [0.29, 0.717) is 23.9 Å². The maximum Gasteiger partial charge on any atom is 0.0707 e. The zero-order valence-electron chi connectivity index (χ0n) is 42.1. The fourth-order valence-corrected chi connectivity index (χ4v) is 12.2. The molecule has 8 heteroatoms. The van der Waals surface area contributed by atoms with E-state index < -0.39 is 0 Å². The lowest BCUT2D eigenvalue weighted by Crippen LogP contribution is -2.54. The fraction of sp³-hybridized carbons (Fsp3) is 0.569. The number of allylic oxidation sites excluding steroid dienone is 1. The van der Waals surface area contributed by atoms with Gasteiger partial charge in [0.25, 0.3) is 0 Å². The first-order valence-corrected chi connectivity index (χ1v) is 26.0. The van der Waals surface area contributed by atoms with Crippen molar-refractivity contribution in [3.8, 4) is 22.4 Å². The molecular formula is C58H84N8. The lowest BCUT2D eigenvalue weighted by atomic mass is 9.80. The molecule has 3 unspecified atom stereocenters. The van der Waals surface area contributed by atoms with E-state index >= 15 is 0 Å². The highest BCUT2D eigenvalue weighted by Crippen LogP contribution is 2.44. The van der Waals surface area contributed by atoms with Crippen LogP contribution >= 0.6 is 0 Å². The number of aromatic nitrogens is 2. The maximum atomic E-state index is 5.35. The van der Waals surface area contributed by atoms with Gasteiger partial charge in [-0.1, -0.05) is 96.5 Å². The third kappa shape index (κ3) is 10.7. The topological polar surface area (TPSA) is 54.8 Å². The van der Waals surface area contributed by atoms with Crippen LogP contribution in [-0.4, -0.2) is 95.8 Å². The predicted molar refractivity (Wildman–Crippen MR) is 281 cm³/mol. The molecule has 5 heterocycles. The summed E-state index contributed by atoms with van der Waals surface area (Å²) < 4.78 is 2.61. The van der Waals surface area contributed by atoms with Crippen molar-refractivity contribution in [1.82, 2.24) is 35.1 Å². The van der Waals surface area contributed by atoms with Crippen LogP contribution in [0.25, 0.3) is 33.3 Å². The normalized spacial score (nSPS) is 19.7. The van der Waals surface area contributed by atoms with Gasteiger partial charge in [0, 0.05) is 73.2 Å². The van der Waals surface area contributed by atoms with Crippen molar-refractivity contribution in [3.63, 3.8) is 0 Å². The molecule has 3 saturated heterocycles. The minimum Gasteiger partial charge on any atom is -0.379 e. The van der Waals surface area contributed by atoms with Gasteiger partial charge in [0.15, 0.2) is 0 Å². The van der Waals surface area contributed by atoms with Crippen molar-refractivity contribution >= 4 is 16.6 Å². The number of hydrogen-bond acceptors (Lipinski definition) is 7. The van der Waals surface area contributed by atoms with E-state index in [1.807, 2.05) is 0 Å². The number of pyridine rings is 1. The molecule has 4 aliphatic rings. The molecule has 3 aliphatic heterocycles. The minimum absolute atomic E-state index is 0.0151. The monoisotopic (exact) mass is 893 g/mol. The molecule has 0 amide bonds. The highest BCUT2D eigenvalue weighted by atomic mass is 15.5. The van der Waals surface area contributed by atoms with Crippen molar-refractivity contribution in [2.45, 2.75) is 149 Å². The number of likely N-dealkylation sites (N-methyl/N-ethyl adjacent to an activating group) is 1. The van der Waals surface area contributed by atoms with E-state index in [2.05, 4.69) is 151 Å². The van der Waals surface area contributed by atoms with Gasteiger partial charge in [0.1, 0.15) is 0 Å². The smallest absolute Gasteiger partial charge is 0.0707 e. The van der Waals surface area contributed by atoms with Crippen molar-refractivity contribution in [2.75, 3.05) is 58.3 Å². The van der Waals surface area contributed by atoms with Crippen LogP contribution in [0.2, 0.25) is 0 Å². The molecule has 0 spiro atoms. The Morgan fingerprint density at radius 1 is 0.939 bits per heavy atom. The second kappa shape index (κ2) is 21.3. The largest absolute Gasteiger partial charge is 0.379 e. The number of benzene rings is 2. The van der Waals surface area contributed by atoms with Gasteiger partial charge in [-0.2, -0.15) is 0 Å². The second-order valence-corrected chi connectivity index (χ2v) is 21.7. The Morgan fingerprint density at radius 2 is 1.71 bits per heavy atom. The number of nitrogens with one attached hydrogen (secondary N) is 2. The van der Waals surface area contributed by atoms with Crippen molar-refractivity contribution in [2.24, 2.45) is 11.3 Å². The maximum absolute atomic E-state index is 5.35. The van der Waals surface area contributed by atoms with Gasteiger partial charge in [-0.3, -0.25) is 9.88 Å². The number of piperazine rings is 1. The first kappa shape index (κ1) is 48.1. The third-order valence-electron chi connectivity index (χ3n) is 15.8. The highest BCUT2D eigenvalue weighted by molar-refractivity contribution is 5.95. The summed E-state index contributed by atoms with van der Waals surface area (Å²) in [5, 5.41) is 7.65. The average molecular weight is 893 g/mol. The van der Waals surface area contributed by atoms with Crippen LogP contribution in [0.3, 0.4) is 0 Å². The highest BCUT2D eigenvalue weighted by Gasteiger charge is 2.33. The number of hydrogen-bond donors (Lipinski definition) is 2. The van der Waals surface area contributed by atoms with Crippen molar-refractivity contribution in [1.29, 1.82) is 0 Å². The van der Waals surface area contributed by atoms with Gasteiger partial charge in [0.2, 0.25) is 0 Å². The molecule has 356 valence electrons. The first-order valence-electron chi connectivity index (χ1n) is 26.0. The molecular weight excluding hydrogens is 809 g/mol. The fourth-order valence-electron chi connectivity index (χ4n) is 12.2. The van der Waals surface area contributed by atoms with Crippen LogP contribution in [0, 0.1) is 11.3 Å². The van der Waals surface area contributed by atoms with Crippen LogP contribution < -0.4 is 15.6 Å². The molecule has 0 radical (unpaired) electrons. The number of hydrazine groups is 1. The number of aryl methyl sites for hydroxylation is 1. The average Bonchev–Trinajstić information content (AvgIpc) is 3.96. The molecule has 2 aromatic carbocycles. The van der Waals surface area contributed by atoms with E-state index in [0.717, 1.165) is 76.3 Å². The Labute approximate surface area is 399 Å². The van der Waals surface area contributed by atoms with Gasteiger partial charge in [-0.25, -0.2) is 5.43 Å². The Bertz CT molecular complexity index is 2300. The van der Waals surface area contributed by atoms with Crippen LogP contribution in [0.1, 0.15) is 128 Å². The van der Waals surface area contributed by atoms with Gasteiger partial charge >= 0.3 is 0 Å². The van der Waals surface area contributed by atoms with Crippen LogP contribution in [0.5, 0.6) is 0 Å². The summed E-state index contributed by atoms with van der Waals surface area (Å²) in [6, 6.07) is 20.0. The lowest BCUT2D eigenvalue weighted by molar-refractivity contribution is 0.133. The Hall–Kier alpha value is -4.37. The molecule has 1 aliphatic carbocycles. The molecule has 66 heavy (non-hydrogen) atoms. The molecule has 3 atom stereocenters. The van der Waals surface area contributed by atoms with E-state index in [-0.39, 0.29) is 11.5 Å². The number of rotatable bonds is 19. The summed E-state index contributed by atoms with van der Waals surface area (Å²) in [6.07, 6.45) is 19.7. The Balaban J connectivity index is 1.18. The Kier molecular flexibility index (Phi) is 15.5. The second-order valence-electron chi connectivity index (χ2n) is 21.7. The molecule has 4 fully saturated rings. The summed E-state index contributed by atoms with van der Waals surface area (Å²) in [4.78, 5) is 13.1. The van der Waals surface area contributed by atoms with Gasteiger partial charge in [-0.05, 0) is 149 Å². The van der Waals surface area contributed by atoms with Crippen LogP contribution in [0.15, 0.2) is 91.9 Å². The van der Waals surface area contributed by atoms with E-state index in [4.69, 9.17) is 18.1 Å². The number of nitrogens with zero attached hydrogens (tertiary/aromatic N) is 6. The first-order chi connectivity index (χ1) is 31.8. The molecule has 0 bridgehead atoms. The van der Waals surface area contributed by atoms with Crippen molar-refractivity contribution < 1.29 is 0 Å². The summed E-state index contributed by atoms with van der Waals surface area (Å²) in [7, 11) is 4.43. The van der Waals surface area contributed by atoms with E-state index in [9.17, 15) is 0 Å². The summed E-state index contributed by atoms with van der Waals surface area (Å²) in [5.74, 6) is 0.927. The molecule has 2 N–H and O–H groups in total. The molecule has 8 rings (SSSR count). The molecule has 8 nitrogen and oxygen atoms in total. The summed E-state index contributed by atoms with van der Waals surface area (Å²) >= 11 is 0. The van der Waals surface area contributed by atoms with E-state index in [1.54, 1.807) is 0 Å². The predicted octanol–water partition coefficient (Wildman–Crippen LogP) is 12.0. The van der Waals surface area contributed by atoms with Gasteiger partial charge < -0.3 is 24.7 Å². The molecule has 2 aromatic heterocycles. The Morgan fingerprint density at radius 3 is 2.44 bits per heavy atom. The SMILES string of the molecule is C=CCCC(C)(C)Cc1c(-c2cc(N3CCN4CCCCC4C3)cnc2C(C)C)n(CC)c2ccc(-c3cccc(CC(NC(=C)C(C4CCCC4)N(C)C)C(=C)N4CCCCN4)c3)cc12. The summed E-state index contributed by atoms with van der Waals surface area (Å²) in [6.45, 7) is 32.8. The lowest BCUT2D eigenvalue weighted by Gasteiger charge is -2.45. The minimum atomic E-state index is 0.0151. The zero-order valence-corrected chi connectivity index (χ0v) is 42.1. The van der Waals surface area contributed by atoms with Crippen LogP contribution in [0.4, 0.5) is 5.69 Å². The number of fused-ring (bicyclic) bond motifs is 2. The molecule has 4 aromatic rings. The summed E-state index contributed by atoms with van der Waals surface area (Å²) in [5.41, 5.74) is 17.6.